The molecule has 0 unspecified atom stereocenters. The molecule has 2 N–H and O–H groups in total. The van der Waals surface area contributed by atoms with E-state index in [0.29, 0.717) is 0 Å². The molecule has 1 aliphatic rings. The third-order valence-corrected chi connectivity index (χ3v) is 4.30. The molecule has 1 fully saturated rings. The summed E-state index contributed by atoms with van der Waals surface area (Å²) < 4.78 is 0. The second-order valence-corrected chi connectivity index (χ2v) is 5.88. The summed E-state index contributed by atoms with van der Waals surface area (Å²) in [5.41, 5.74) is 0.414. The smallest absolute Gasteiger partial charge is 0.177 e. The van der Waals surface area contributed by atoms with Gasteiger partial charge in [-0.1, -0.05) is 66.6 Å². The largest absolute Gasteiger partial charge is 0.369 e. The molecule has 0 aromatic heterocycles. The van der Waals surface area contributed by atoms with Crippen LogP contribution in [0.15, 0.2) is 60.7 Å². The van der Waals surface area contributed by atoms with Gasteiger partial charge in [0.15, 0.2) is 5.60 Å². The molecule has 2 aromatic carbocycles. The van der Waals surface area contributed by atoms with E-state index in [1.807, 2.05) is 60.7 Å². The van der Waals surface area contributed by atoms with Gasteiger partial charge in [0, 0.05) is 24.0 Å². The van der Waals surface area contributed by atoms with E-state index in [9.17, 15) is 5.11 Å². The monoisotopic (exact) mass is 292 g/mol. The average Bonchev–Trinajstić information content (AvgIpc) is 3.10. The van der Waals surface area contributed by atoms with Crippen molar-refractivity contribution in [1.29, 1.82) is 0 Å². The van der Waals surface area contributed by atoms with Crippen molar-refractivity contribution in [3.63, 3.8) is 0 Å². The minimum atomic E-state index is -1.23. The van der Waals surface area contributed by atoms with Crippen LogP contribution >= 0.6 is 0 Å². The second kappa shape index (κ2) is 6.79. The molecule has 112 valence electrons. The third-order valence-electron chi connectivity index (χ3n) is 4.30. The van der Waals surface area contributed by atoms with E-state index < -0.39 is 5.60 Å². The van der Waals surface area contributed by atoms with Gasteiger partial charge in [-0.15, -0.1) is 0 Å². The Balaban J connectivity index is 1.91. The number of hydrogen-bond acceptors (Lipinski definition) is 1. The number of hydrogen-bond donors (Lipinski definition) is 2. The van der Waals surface area contributed by atoms with Crippen LogP contribution in [0.3, 0.4) is 0 Å². The van der Waals surface area contributed by atoms with Gasteiger partial charge < -0.3 is 10.0 Å². The Morgan fingerprint density at radius 2 is 1.36 bits per heavy atom. The van der Waals surface area contributed by atoms with Crippen LogP contribution in [-0.4, -0.2) is 24.7 Å². The number of quaternary nitrogens is 1. The minimum Gasteiger partial charge on any atom is -0.369 e. The van der Waals surface area contributed by atoms with Gasteiger partial charge in [0.05, 0.1) is 13.1 Å². The Bertz CT molecular complexity index is 609. The fraction of sp³-hybridized carbons (Fsp3) is 0.300. The Morgan fingerprint density at radius 1 is 0.864 bits per heavy atom. The average molecular weight is 292 g/mol. The lowest BCUT2D eigenvalue weighted by Gasteiger charge is -2.23. The maximum absolute atomic E-state index is 11.2. The topological polar surface area (TPSA) is 24.7 Å². The highest BCUT2D eigenvalue weighted by Crippen LogP contribution is 2.28. The summed E-state index contributed by atoms with van der Waals surface area (Å²) in [6, 6.07) is 19.4. The van der Waals surface area contributed by atoms with E-state index in [1.165, 1.54) is 30.8 Å². The van der Waals surface area contributed by atoms with Gasteiger partial charge in [0.25, 0.3) is 0 Å². The van der Waals surface area contributed by atoms with Crippen LogP contribution in [0.1, 0.15) is 24.0 Å². The normalized spacial score (nSPS) is 15.3. The van der Waals surface area contributed by atoms with E-state index in [1.54, 1.807) is 0 Å². The van der Waals surface area contributed by atoms with Crippen molar-refractivity contribution in [2.75, 3.05) is 19.6 Å². The van der Waals surface area contributed by atoms with Crippen LogP contribution in [0.5, 0.6) is 0 Å². The highest BCUT2D eigenvalue weighted by atomic mass is 16.3. The summed E-state index contributed by atoms with van der Waals surface area (Å²) in [6.07, 6.45) is 2.58. The van der Waals surface area contributed by atoms with Crippen LogP contribution in [-0.2, 0) is 5.60 Å². The predicted molar refractivity (Wildman–Crippen MR) is 88.5 cm³/mol. The minimum absolute atomic E-state index is 0.808. The Hall–Kier alpha value is -2.08. The van der Waals surface area contributed by atoms with E-state index in [2.05, 4.69) is 11.8 Å². The number of likely N-dealkylation sites (tertiary alicyclic amines) is 1. The number of benzene rings is 2. The van der Waals surface area contributed by atoms with Crippen LogP contribution in [0, 0.1) is 11.8 Å². The van der Waals surface area contributed by atoms with E-state index >= 15 is 0 Å². The van der Waals surface area contributed by atoms with Crippen LogP contribution in [0.2, 0.25) is 0 Å². The summed E-state index contributed by atoms with van der Waals surface area (Å²) in [5.74, 6) is 6.37. The molecule has 1 heterocycles. The first kappa shape index (κ1) is 14.8. The van der Waals surface area contributed by atoms with Gasteiger partial charge in [-0.2, -0.15) is 0 Å². The lowest BCUT2D eigenvalue weighted by atomic mass is 9.87. The van der Waals surface area contributed by atoms with Crippen molar-refractivity contribution in [3.05, 3.63) is 71.8 Å². The van der Waals surface area contributed by atoms with Gasteiger partial charge in [0.2, 0.25) is 0 Å². The van der Waals surface area contributed by atoms with Gasteiger partial charge in [-0.05, 0) is 5.92 Å². The molecule has 0 atom stereocenters. The second-order valence-electron chi connectivity index (χ2n) is 5.88. The van der Waals surface area contributed by atoms with Gasteiger partial charge in [-0.3, -0.25) is 0 Å². The van der Waals surface area contributed by atoms with Crippen molar-refractivity contribution < 1.29 is 10.0 Å². The highest BCUT2D eigenvalue weighted by molar-refractivity contribution is 5.44. The molecule has 2 aromatic rings. The molecule has 1 saturated heterocycles. The van der Waals surface area contributed by atoms with Crippen molar-refractivity contribution in [1.82, 2.24) is 0 Å². The molecular weight excluding hydrogens is 270 g/mol. The molecule has 2 heteroatoms. The Labute approximate surface area is 132 Å². The van der Waals surface area contributed by atoms with Crippen LogP contribution < -0.4 is 4.90 Å². The number of nitrogens with one attached hydrogen (secondary N) is 1. The van der Waals surface area contributed by atoms with Crippen LogP contribution in [0.4, 0.5) is 0 Å². The first-order valence-electron chi connectivity index (χ1n) is 7.96. The van der Waals surface area contributed by atoms with E-state index in [0.717, 1.165) is 17.7 Å². The molecule has 3 rings (SSSR count). The SMILES string of the molecule is OC(C#CC[NH+]1CCCC1)(c1ccccc1)c1ccccc1. The zero-order valence-electron chi connectivity index (χ0n) is 12.8. The summed E-state index contributed by atoms with van der Waals surface area (Å²) in [6.45, 7) is 3.20. The first-order chi connectivity index (χ1) is 10.8. The zero-order valence-corrected chi connectivity index (χ0v) is 12.8. The predicted octanol–water partition coefficient (Wildman–Crippen LogP) is 1.60. The Morgan fingerprint density at radius 3 is 1.86 bits per heavy atom. The van der Waals surface area contributed by atoms with Gasteiger partial charge in [-0.25, -0.2) is 0 Å². The standard InChI is InChI=1S/C20H21NO/c22-20(18-10-3-1-4-11-18,19-12-5-2-6-13-19)14-9-17-21-15-7-8-16-21/h1-6,10-13,22H,7-8,15-17H2/p+1. The van der Waals surface area contributed by atoms with Gasteiger partial charge in [0.1, 0.15) is 6.54 Å². The molecule has 0 amide bonds. The molecule has 2 nitrogen and oxygen atoms in total. The quantitative estimate of drug-likeness (QED) is 0.825. The molecule has 0 spiro atoms. The maximum atomic E-state index is 11.2. The highest BCUT2D eigenvalue weighted by Gasteiger charge is 2.29. The number of rotatable bonds is 3. The molecular formula is C20H22NO+. The maximum Gasteiger partial charge on any atom is 0.177 e. The van der Waals surface area contributed by atoms with E-state index in [-0.39, 0.29) is 0 Å². The molecule has 1 aliphatic heterocycles. The molecule has 0 bridgehead atoms. The third kappa shape index (κ3) is 3.22. The summed E-state index contributed by atoms with van der Waals surface area (Å²) in [4.78, 5) is 1.52. The summed E-state index contributed by atoms with van der Waals surface area (Å²) in [5, 5.41) is 11.2. The fourth-order valence-corrected chi connectivity index (χ4v) is 3.02. The number of aliphatic hydroxyl groups is 1. The molecule has 0 radical (unpaired) electrons. The molecule has 22 heavy (non-hydrogen) atoms. The molecule has 0 aliphatic carbocycles. The van der Waals surface area contributed by atoms with E-state index in [4.69, 9.17) is 0 Å². The van der Waals surface area contributed by atoms with Crippen molar-refractivity contribution in [2.24, 2.45) is 0 Å². The van der Waals surface area contributed by atoms with Crippen LogP contribution in [0.25, 0.3) is 0 Å². The summed E-state index contributed by atoms with van der Waals surface area (Å²) in [7, 11) is 0. The lowest BCUT2D eigenvalue weighted by molar-refractivity contribution is -0.879. The Kier molecular flexibility index (Phi) is 4.58. The van der Waals surface area contributed by atoms with Gasteiger partial charge >= 0.3 is 0 Å². The van der Waals surface area contributed by atoms with Crippen molar-refractivity contribution in [3.8, 4) is 11.8 Å². The fourth-order valence-electron chi connectivity index (χ4n) is 3.02. The zero-order chi connectivity index (χ0) is 15.3. The van der Waals surface area contributed by atoms with Crippen molar-refractivity contribution in [2.45, 2.75) is 18.4 Å². The molecule has 0 saturated carbocycles. The summed E-state index contributed by atoms with van der Waals surface area (Å²) >= 11 is 0. The first-order valence-corrected chi connectivity index (χ1v) is 7.96. The van der Waals surface area contributed by atoms with Crippen molar-refractivity contribution >= 4 is 0 Å². The lowest BCUT2D eigenvalue weighted by Crippen LogP contribution is -3.09.